The minimum Gasteiger partial charge on any atom is -0.349 e. The summed E-state index contributed by atoms with van der Waals surface area (Å²) in [4.78, 5) is 23.4. The molecule has 0 aliphatic carbocycles. The molecule has 1 unspecified atom stereocenters. The normalized spacial score (nSPS) is 25.5. The van der Waals surface area contributed by atoms with Gasteiger partial charge in [0.2, 0.25) is 11.8 Å². The highest BCUT2D eigenvalue weighted by Gasteiger charge is 2.59. The number of amides is 2. The number of rotatable bonds is 3. The van der Waals surface area contributed by atoms with Crippen molar-refractivity contribution in [3.63, 3.8) is 0 Å². The molecule has 1 rings (SSSR count). The molecule has 12 heteroatoms. The van der Waals surface area contributed by atoms with E-state index in [-0.39, 0.29) is 6.54 Å². The first-order chi connectivity index (χ1) is 8.27. The lowest BCUT2D eigenvalue weighted by Gasteiger charge is -2.64. The first-order valence-electron chi connectivity index (χ1n) is 5.17. The Labute approximate surface area is 123 Å². The van der Waals surface area contributed by atoms with Crippen molar-refractivity contribution in [1.82, 2.24) is 10.6 Å². The summed E-state index contributed by atoms with van der Waals surface area (Å²) in [6.07, 6.45) is 0. The van der Waals surface area contributed by atoms with E-state index in [0.717, 1.165) is 0 Å². The first kappa shape index (κ1) is 16.5. The monoisotopic (exact) mass is 236 g/mol. The van der Waals surface area contributed by atoms with Crippen molar-refractivity contribution >= 4 is 74.6 Å². The van der Waals surface area contributed by atoms with Crippen LogP contribution in [0.25, 0.3) is 0 Å². The number of carbonyl (C=O) groups excluding carboxylic acids is 2. The van der Waals surface area contributed by atoms with E-state index in [1.165, 1.54) is 0 Å². The maximum Gasteiger partial charge on any atom is 0.239 e. The fourth-order valence-electron chi connectivity index (χ4n) is 1.96. The van der Waals surface area contributed by atoms with Crippen LogP contribution in [0.3, 0.4) is 0 Å². The van der Waals surface area contributed by atoms with Crippen LogP contribution in [0.5, 0.6) is 0 Å². The van der Waals surface area contributed by atoms with Gasteiger partial charge in [0.1, 0.15) is 7.85 Å². The molecule has 0 aromatic heterocycles. The van der Waals surface area contributed by atoms with Crippen molar-refractivity contribution in [3.8, 4) is 0 Å². The quantitative estimate of drug-likeness (QED) is 0.485. The summed E-state index contributed by atoms with van der Waals surface area (Å²) in [6, 6.07) is 0. The second-order valence-electron chi connectivity index (χ2n) is 4.71. The van der Waals surface area contributed by atoms with Crippen molar-refractivity contribution in [2.45, 2.75) is 21.0 Å². The van der Waals surface area contributed by atoms with Crippen LogP contribution in [-0.4, -0.2) is 86.6 Å². The molecule has 2 amide bonds. The summed E-state index contributed by atoms with van der Waals surface area (Å²) in [5.41, 5.74) is -2.39. The molecule has 1 heterocycles. The predicted octanol–water partition coefficient (Wildman–Crippen LogP) is -4.42. The summed E-state index contributed by atoms with van der Waals surface area (Å²) >= 11 is 0. The highest BCUT2D eigenvalue weighted by Crippen LogP contribution is 2.61. The fourth-order valence-corrected chi connectivity index (χ4v) is 1.96. The Hall–Kier alpha value is -0.541. The lowest BCUT2D eigenvalue weighted by atomic mass is 9.11. The average molecular weight is 235 g/mol. The summed E-state index contributed by atoms with van der Waals surface area (Å²) in [5.74, 6) is -1.59. The molecular weight excluding hydrogens is 231 g/mol. The van der Waals surface area contributed by atoms with Gasteiger partial charge in [-0.25, -0.2) is 0 Å². The van der Waals surface area contributed by atoms with Crippen LogP contribution in [0, 0.1) is 0 Å². The Morgan fingerprint density at radius 3 is 1.74 bits per heavy atom. The van der Waals surface area contributed by atoms with E-state index < -0.39 is 32.8 Å². The van der Waals surface area contributed by atoms with Gasteiger partial charge in [0.15, 0.2) is 0 Å². The topological polar surface area (TPSA) is 58.2 Å². The van der Waals surface area contributed by atoms with Gasteiger partial charge in [-0.2, -0.15) is 0 Å². The van der Waals surface area contributed by atoms with Gasteiger partial charge in [0.05, 0.1) is 66.9 Å². The van der Waals surface area contributed by atoms with E-state index in [1.807, 2.05) is 0 Å². The number of nitrogens with one attached hydrogen (secondary N) is 2. The van der Waals surface area contributed by atoms with Gasteiger partial charge in [-0.15, -0.1) is 10.2 Å². The molecule has 4 nitrogen and oxygen atoms in total. The van der Waals surface area contributed by atoms with Crippen molar-refractivity contribution in [3.05, 3.63) is 0 Å². The van der Waals surface area contributed by atoms with Crippen LogP contribution in [0.2, 0.25) is 15.5 Å². The zero-order chi connectivity index (χ0) is 15.3. The van der Waals surface area contributed by atoms with Crippen molar-refractivity contribution in [2.75, 3.05) is 6.54 Å². The van der Waals surface area contributed by atoms with E-state index in [4.69, 9.17) is 62.8 Å². The van der Waals surface area contributed by atoms with Crippen molar-refractivity contribution in [1.29, 1.82) is 0 Å². The Morgan fingerprint density at radius 1 is 0.947 bits per heavy atom. The van der Waals surface area contributed by atoms with Crippen molar-refractivity contribution < 1.29 is 9.59 Å². The molecule has 16 radical (unpaired) electrons. The summed E-state index contributed by atoms with van der Waals surface area (Å²) < 4.78 is 0. The van der Waals surface area contributed by atoms with Gasteiger partial charge in [0.25, 0.3) is 0 Å². The van der Waals surface area contributed by atoms with E-state index in [9.17, 15) is 9.59 Å². The van der Waals surface area contributed by atoms with Gasteiger partial charge in [-0.1, -0.05) is 5.31 Å². The van der Waals surface area contributed by atoms with Crippen molar-refractivity contribution in [2.24, 2.45) is 0 Å². The Morgan fingerprint density at radius 2 is 1.37 bits per heavy atom. The number of hydrogen-bond acceptors (Lipinski definition) is 2. The maximum absolute atomic E-state index is 11.9. The van der Waals surface area contributed by atoms with E-state index >= 15 is 0 Å². The second-order valence-corrected chi connectivity index (χ2v) is 4.71. The molecule has 19 heavy (non-hydrogen) atoms. The minimum absolute atomic E-state index is 0.312. The summed E-state index contributed by atoms with van der Waals surface area (Å²) in [7, 11) is 44.7. The summed E-state index contributed by atoms with van der Waals surface area (Å²) in [5, 5.41) is -2.91. The molecule has 0 bridgehead atoms. The van der Waals surface area contributed by atoms with E-state index in [2.05, 4.69) is 10.6 Å². The highest BCUT2D eigenvalue weighted by atomic mass is 16.2. The molecule has 1 fully saturated rings. The molecule has 1 saturated heterocycles. The molecular formula is C7H4B8N2O2. The zero-order valence-electron chi connectivity index (χ0n) is 10.1. The molecule has 1 aliphatic rings. The highest BCUT2D eigenvalue weighted by molar-refractivity contribution is 6.71. The van der Waals surface area contributed by atoms with Crippen LogP contribution in [0.15, 0.2) is 0 Å². The lowest BCUT2D eigenvalue weighted by molar-refractivity contribution is -0.136. The third-order valence-electron chi connectivity index (χ3n) is 3.09. The number of hydrogen-bond donors (Lipinski definition) is 2. The smallest absolute Gasteiger partial charge is 0.239 e. The van der Waals surface area contributed by atoms with Gasteiger partial charge >= 0.3 is 0 Å². The maximum atomic E-state index is 11.9. The van der Waals surface area contributed by atoms with E-state index in [1.54, 1.807) is 0 Å². The molecule has 0 spiro atoms. The standard InChI is InChI=1S/C7H4B8N2O2/c8-4(3(19)16-1-2(18)17-4)5(9,6(10,11)12)7(13,14)15/h1H2,(H,16,19)(H,17,18). The molecule has 0 aromatic rings. The number of piperazine rings is 1. The third kappa shape index (κ3) is 2.31. The molecule has 2 N–H and O–H groups in total. The van der Waals surface area contributed by atoms with Crippen LogP contribution in [0.4, 0.5) is 0 Å². The first-order valence-corrected chi connectivity index (χ1v) is 5.17. The van der Waals surface area contributed by atoms with Crippen LogP contribution >= 0.6 is 0 Å². The molecule has 1 atom stereocenters. The molecule has 0 saturated carbocycles. The zero-order valence-corrected chi connectivity index (χ0v) is 10.1. The summed E-state index contributed by atoms with van der Waals surface area (Å²) in [6.45, 7) is -0.312. The van der Waals surface area contributed by atoms with Crippen LogP contribution in [0.1, 0.15) is 0 Å². The number of carbonyl (C=O) groups is 2. The Balaban J connectivity index is 3.48. The predicted molar refractivity (Wildman–Crippen MR) is 78.0 cm³/mol. The van der Waals surface area contributed by atoms with Gasteiger partial charge in [-0.05, 0) is 0 Å². The second kappa shape index (κ2) is 4.49. The third-order valence-corrected chi connectivity index (χ3v) is 3.09. The Kier molecular flexibility index (Phi) is 3.90. The van der Waals surface area contributed by atoms with Gasteiger partial charge in [0, 0.05) is 0 Å². The molecule has 78 valence electrons. The lowest BCUT2D eigenvalue weighted by Crippen LogP contribution is -2.75. The van der Waals surface area contributed by atoms with Crippen LogP contribution in [-0.2, 0) is 9.59 Å². The minimum atomic E-state index is -2.47. The molecule has 0 aromatic carbocycles. The fraction of sp³-hybridized carbons (Fsp3) is 0.714. The SMILES string of the molecule is [B]C([B])([B])C([B])(C([B])([B])[B])C1([B])NC(=O)CNC1=O. The van der Waals surface area contributed by atoms with Crippen LogP contribution < -0.4 is 10.6 Å². The average Bonchev–Trinajstić information content (AvgIpc) is 2.19. The molecule has 1 aliphatic heterocycles. The Bertz CT molecular complexity index is 402. The van der Waals surface area contributed by atoms with Gasteiger partial charge < -0.3 is 10.6 Å². The van der Waals surface area contributed by atoms with Gasteiger partial charge in [-0.3, -0.25) is 9.59 Å². The van der Waals surface area contributed by atoms with E-state index in [0.29, 0.717) is 0 Å². The largest absolute Gasteiger partial charge is 0.349 e.